The number of alkyl halides is 3. The number of anilines is 2. The molecule has 0 bridgehead atoms. The number of rotatable bonds is 8. The Balaban J connectivity index is 0.00000226. The van der Waals surface area contributed by atoms with Gasteiger partial charge in [-0.15, -0.1) is 0 Å². The highest BCUT2D eigenvalue weighted by Crippen LogP contribution is 2.40. The monoisotopic (exact) mass is 629 g/mol. The average molecular weight is 630 g/mol. The molecular weight excluding hydrogens is 597 g/mol. The Hall–Kier alpha value is -4.71. The second-order valence-corrected chi connectivity index (χ2v) is 10.1. The molecule has 1 unspecified atom stereocenters. The molecule has 238 valence electrons. The summed E-state index contributed by atoms with van der Waals surface area (Å²) in [4.78, 5) is 19.6. The molecule has 0 saturated carbocycles. The van der Waals surface area contributed by atoms with Crippen LogP contribution in [-0.2, 0) is 18.7 Å². The summed E-state index contributed by atoms with van der Waals surface area (Å²) in [5.41, 5.74) is -2.49. The number of methoxy groups -OCH3 is 2. The topological polar surface area (TPSA) is 83.9 Å². The Labute approximate surface area is 257 Å². The van der Waals surface area contributed by atoms with Crippen molar-refractivity contribution in [3.8, 4) is 22.8 Å². The highest BCUT2D eigenvalue weighted by Gasteiger charge is 2.51. The van der Waals surface area contributed by atoms with Crippen molar-refractivity contribution < 1.29 is 41.3 Å². The zero-order chi connectivity index (χ0) is 33.1. The summed E-state index contributed by atoms with van der Waals surface area (Å²) in [5.74, 6) is -1.11. The summed E-state index contributed by atoms with van der Waals surface area (Å²) >= 11 is 0. The molecule has 0 saturated heterocycles. The third kappa shape index (κ3) is 6.56. The molecule has 0 fully saturated rings. The van der Waals surface area contributed by atoms with Crippen LogP contribution in [0.4, 0.5) is 33.3 Å². The third-order valence-corrected chi connectivity index (χ3v) is 7.29. The van der Waals surface area contributed by atoms with Crippen molar-refractivity contribution in [2.45, 2.75) is 45.6 Å². The number of amides is 1. The summed E-state index contributed by atoms with van der Waals surface area (Å²) in [6.07, 6.45) is -4.91. The number of hydrogen-bond donors (Lipinski definition) is 2. The van der Waals surface area contributed by atoms with Gasteiger partial charge in [-0.1, -0.05) is 32.0 Å². The molecule has 1 aromatic heterocycles. The Morgan fingerprint density at radius 2 is 1.58 bits per heavy atom. The van der Waals surface area contributed by atoms with E-state index in [4.69, 9.17) is 9.47 Å². The van der Waals surface area contributed by atoms with Crippen molar-refractivity contribution in [3.63, 3.8) is 0 Å². The summed E-state index contributed by atoms with van der Waals surface area (Å²) in [5, 5.41) is 13.0. The Morgan fingerprint density at radius 3 is 2.16 bits per heavy atom. The maximum Gasteiger partial charge on any atom is 0.421 e. The molecule has 1 aliphatic rings. The van der Waals surface area contributed by atoms with Crippen molar-refractivity contribution in [3.05, 3.63) is 101 Å². The van der Waals surface area contributed by atoms with Gasteiger partial charge < -0.3 is 24.8 Å². The molecule has 0 aliphatic carbocycles. The minimum absolute atomic E-state index is 0.00926. The molecule has 1 atom stereocenters. The molecule has 0 spiro atoms. The van der Waals surface area contributed by atoms with Gasteiger partial charge in [-0.3, -0.25) is 4.79 Å². The fraction of sp³-hybridized carbons (Fsp3) is 0.273. The number of halogens is 5. The van der Waals surface area contributed by atoms with Gasteiger partial charge in [0, 0.05) is 17.3 Å². The van der Waals surface area contributed by atoms with Gasteiger partial charge in [0.1, 0.15) is 23.1 Å². The molecule has 4 aromatic rings. The molecule has 12 heteroatoms. The molecule has 2 N–H and O–H groups in total. The standard InChI is InChI=1S/C31H26F5N3O4.C2H6/c1-30(41,31(34,35)36)18-8-10-19(11-9-18)37-24-14-23(27-21(32)5-4-6-22(27)33)38-25-16-39(29(40)28(24)25)15-17-7-12-20(42-2)13-26(17)43-3;1-2/h4-14,41H,15-16H2,1-3H3,(H,37,38);1-2H3. The largest absolute Gasteiger partial charge is 0.497 e. The fourth-order valence-corrected chi connectivity index (χ4v) is 4.84. The smallest absolute Gasteiger partial charge is 0.421 e. The van der Waals surface area contributed by atoms with Crippen molar-refractivity contribution in [2.75, 3.05) is 19.5 Å². The molecule has 5 rings (SSSR count). The number of benzene rings is 3. The van der Waals surface area contributed by atoms with E-state index in [1.807, 2.05) is 13.8 Å². The number of carbonyl (C=O) groups is 1. The number of hydrogen-bond acceptors (Lipinski definition) is 6. The van der Waals surface area contributed by atoms with E-state index in [-0.39, 0.29) is 41.4 Å². The van der Waals surface area contributed by atoms with Gasteiger partial charge >= 0.3 is 6.18 Å². The summed E-state index contributed by atoms with van der Waals surface area (Å²) in [6, 6.07) is 14.6. The van der Waals surface area contributed by atoms with Crippen molar-refractivity contribution in [1.29, 1.82) is 0 Å². The molecular formula is C33H32F5N3O4. The highest BCUT2D eigenvalue weighted by atomic mass is 19.4. The maximum absolute atomic E-state index is 14.8. The number of nitrogens with one attached hydrogen (secondary N) is 1. The lowest BCUT2D eigenvalue weighted by Gasteiger charge is -2.26. The Morgan fingerprint density at radius 1 is 0.933 bits per heavy atom. The molecule has 1 aliphatic heterocycles. The molecule has 45 heavy (non-hydrogen) atoms. The zero-order valence-corrected chi connectivity index (χ0v) is 25.2. The number of carbonyl (C=O) groups excluding carboxylic acids is 1. The van der Waals surface area contributed by atoms with E-state index in [0.717, 1.165) is 24.3 Å². The predicted octanol–water partition coefficient (Wildman–Crippen LogP) is 7.74. The summed E-state index contributed by atoms with van der Waals surface area (Å²) in [7, 11) is 2.99. The van der Waals surface area contributed by atoms with E-state index in [1.165, 1.54) is 43.4 Å². The first-order valence-corrected chi connectivity index (χ1v) is 14.0. The quantitative estimate of drug-likeness (QED) is 0.194. The van der Waals surface area contributed by atoms with E-state index >= 15 is 0 Å². The Kier molecular flexibility index (Phi) is 9.67. The molecule has 1 amide bonds. The second-order valence-electron chi connectivity index (χ2n) is 10.1. The van der Waals surface area contributed by atoms with E-state index in [0.29, 0.717) is 24.0 Å². The van der Waals surface area contributed by atoms with E-state index < -0.39 is 40.4 Å². The number of nitrogens with zero attached hydrogens (tertiary/aromatic N) is 2. The first-order valence-electron chi connectivity index (χ1n) is 14.0. The van der Waals surface area contributed by atoms with Crippen LogP contribution in [0, 0.1) is 11.6 Å². The van der Waals surface area contributed by atoms with Crippen LogP contribution >= 0.6 is 0 Å². The number of fused-ring (bicyclic) bond motifs is 1. The van der Waals surface area contributed by atoms with Crippen LogP contribution < -0.4 is 14.8 Å². The van der Waals surface area contributed by atoms with Gasteiger partial charge in [-0.2, -0.15) is 13.2 Å². The molecule has 7 nitrogen and oxygen atoms in total. The van der Waals surface area contributed by atoms with Crippen LogP contribution in [0.1, 0.15) is 48.0 Å². The van der Waals surface area contributed by atoms with Gasteiger partial charge in [0.2, 0.25) is 0 Å². The van der Waals surface area contributed by atoms with Crippen molar-refractivity contribution in [1.82, 2.24) is 9.88 Å². The lowest BCUT2D eigenvalue weighted by Crippen LogP contribution is -2.39. The molecule has 2 heterocycles. The zero-order valence-electron chi connectivity index (χ0n) is 25.2. The highest BCUT2D eigenvalue weighted by molar-refractivity contribution is 6.04. The van der Waals surface area contributed by atoms with Gasteiger partial charge in [0.15, 0.2) is 5.60 Å². The first-order chi connectivity index (χ1) is 21.3. The van der Waals surface area contributed by atoms with Crippen molar-refractivity contribution >= 4 is 17.3 Å². The summed E-state index contributed by atoms with van der Waals surface area (Å²) < 4.78 is 80.2. The third-order valence-electron chi connectivity index (χ3n) is 7.29. The normalized spacial score (nSPS) is 13.8. The van der Waals surface area contributed by atoms with Crippen LogP contribution in [0.2, 0.25) is 0 Å². The predicted molar refractivity (Wildman–Crippen MR) is 159 cm³/mol. The minimum atomic E-state index is -4.91. The van der Waals surface area contributed by atoms with E-state index in [9.17, 15) is 31.9 Å². The van der Waals surface area contributed by atoms with Gasteiger partial charge in [-0.25, -0.2) is 13.8 Å². The summed E-state index contributed by atoms with van der Waals surface area (Å²) in [6.45, 7) is 4.77. The second kappa shape index (κ2) is 13.1. The number of aromatic nitrogens is 1. The average Bonchev–Trinajstić information content (AvgIpc) is 3.32. The van der Waals surface area contributed by atoms with Crippen LogP contribution in [0.5, 0.6) is 11.5 Å². The van der Waals surface area contributed by atoms with Crippen LogP contribution in [0.25, 0.3) is 11.3 Å². The van der Waals surface area contributed by atoms with Crippen LogP contribution in [0.3, 0.4) is 0 Å². The van der Waals surface area contributed by atoms with Crippen LogP contribution in [0.15, 0.2) is 66.7 Å². The fourth-order valence-electron chi connectivity index (χ4n) is 4.84. The Bertz CT molecular complexity index is 1670. The minimum Gasteiger partial charge on any atom is -0.497 e. The maximum atomic E-state index is 14.8. The number of pyridine rings is 1. The van der Waals surface area contributed by atoms with Gasteiger partial charge in [0.05, 0.1) is 55.5 Å². The SMILES string of the molecule is CC.COc1ccc(CN2Cc3nc(-c4c(F)cccc4F)cc(Nc4ccc(C(C)(O)C(F)(F)F)cc4)c3C2=O)c(OC)c1. The number of ether oxygens (including phenoxy) is 2. The van der Waals surface area contributed by atoms with Crippen LogP contribution in [-0.4, -0.2) is 41.3 Å². The lowest BCUT2D eigenvalue weighted by molar-refractivity contribution is -0.258. The van der Waals surface area contributed by atoms with Crippen molar-refractivity contribution in [2.24, 2.45) is 0 Å². The number of aliphatic hydroxyl groups is 1. The van der Waals surface area contributed by atoms with Gasteiger partial charge in [-0.05, 0) is 55.0 Å². The molecule has 3 aromatic carbocycles. The van der Waals surface area contributed by atoms with E-state index in [2.05, 4.69) is 10.3 Å². The molecule has 0 radical (unpaired) electrons. The lowest BCUT2D eigenvalue weighted by atomic mass is 9.95. The van der Waals surface area contributed by atoms with Gasteiger partial charge in [0.25, 0.3) is 5.91 Å². The van der Waals surface area contributed by atoms with E-state index in [1.54, 1.807) is 18.2 Å². The first kappa shape index (κ1) is 33.2.